The Hall–Kier alpha value is -2.02. The van der Waals surface area contributed by atoms with Crippen molar-refractivity contribution in [3.63, 3.8) is 0 Å². The van der Waals surface area contributed by atoms with Crippen molar-refractivity contribution in [3.05, 3.63) is 86.3 Å². The lowest BCUT2D eigenvalue weighted by molar-refractivity contribution is -0.115. The molecule has 0 fully saturated rings. The lowest BCUT2D eigenvalue weighted by Gasteiger charge is -2.18. The highest BCUT2D eigenvalue weighted by molar-refractivity contribution is 9.10. The molecule has 2 N–H and O–H groups in total. The van der Waals surface area contributed by atoms with Crippen molar-refractivity contribution in [2.75, 3.05) is 11.9 Å². The third-order valence-corrected chi connectivity index (χ3v) is 5.49. The average molecular weight is 433 g/mol. The number of rotatable bonds is 6. The largest absolute Gasteiger partial charge is 0.324 e. The summed E-state index contributed by atoms with van der Waals surface area (Å²) >= 11 is 5.06. The minimum absolute atomic E-state index is 0.139. The first-order valence-corrected chi connectivity index (χ1v) is 9.78. The van der Waals surface area contributed by atoms with E-state index >= 15 is 0 Å². The molecular formula is C20H18BrFN2OS. The molecule has 0 aliphatic carbocycles. The summed E-state index contributed by atoms with van der Waals surface area (Å²) in [6.45, 7) is 2.13. The minimum atomic E-state index is -0.277. The average Bonchev–Trinajstić information content (AvgIpc) is 3.13. The van der Waals surface area contributed by atoms with Crippen molar-refractivity contribution in [1.29, 1.82) is 0 Å². The van der Waals surface area contributed by atoms with E-state index in [9.17, 15) is 9.18 Å². The van der Waals surface area contributed by atoms with Gasteiger partial charge < -0.3 is 5.32 Å². The van der Waals surface area contributed by atoms with E-state index in [4.69, 9.17) is 0 Å². The van der Waals surface area contributed by atoms with Crippen LogP contribution in [0, 0.1) is 12.7 Å². The topological polar surface area (TPSA) is 41.1 Å². The van der Waals surface area contributed by atoms with Gasteiger partial charge in [-0.25, -0.2) is 4.39 Å². The van der Waals surface area contributed by atoms with Crippen LogP contribution in [0.25, 0.3) is 0 Å². The summed E-state index contributed by atoms with van der Waals surface area (Å²) in [6.07, 6.45) is 0. The molecule has 0 bridgehead atoms. The van der Waals surface area contributed by atoms with Crippen molar-refractivity contribution in [2.24, 2.45) is 0 Å². The molecule has 0 aliphatic rings. The number of carbonyl (C=O) groups excluding carboxylic acids is 1. The molecule has 0 radical (unpaired) electrons. The van der Waals surface area contributed by atoms with E-state index in [1.165, 1.54) is 12.1 Å². The van der Waals surface area contributed by atoms with E-state index in [2.05, 4.69) is 26.6 Å². The fraction of sp³-hybridized carbons (Fsp3) is 0.150. The van der Waals surface area contributed by atoms with Gasteiger partial charge in [0.05, 0.1) is 18.3 Å². The molecule has 0 saturated carbocycles. The highest BCUT2D eigenvalue weighted by Gasteiger charge is 2.16. The molecule has 3 aromatic rings. The van der Waals surface area contributed by atoms with Crippen molar-refractivity contribution in [1.82, 2.24) is 5.32 Å². The second kappa shape index (κ2) is 8.58. The Bertz CT molecular complexity index is 881. The van der Waals surface area contributed by atoms with Gasteiger partial charge in [-0.2, -0.15) is 0 Å². The molecule has 3 rings (SSSR count). The van der Waals surface area contributed by atoms with Crippen molar-refractivity contribution >= 4 is 38.9 Å². The van der Waals surface area contributed by atoms with E-state index in [1.807, 2.05) is 42.6 Å². The number of nitrogens with one attached hydrogen (secondary N) is 2. The first-order valence-electron chi connectivity index (χ1n) is 8.11. The summed E-state index contributed by atoms with van der Waals surface area (Å²) in [5.74, 6) is -0.418. The molecule has 1 atom stereocenters. The first kappa shape index (κ1) is 18.8. The highest BCUT2D eigenvalue weighted by Crippen LogP contribution is 2.26. The van der Waals surface area contributed by atoms with Crippen LogP contribution >= 0.6 is 27.3 Å². The Morgan fingerprint density at radius 1 is 1.19 bits per heavy atom. The van der Waals surface area contributed by atoms with Crippen molar-refractivity contribution < 1.29 is 9.18 Å². The number of hydrogen-bond donors (Lipinski definition) is 2. The maximum atomic E-state index is 13.2. The Labute approximate surface area is 164 Å². The normalized spacial score (nSPS) is 12.0. The number of thiophene rings is 1. The van der Waals surface area contributed by atoms with Crippen LogP contribution < -0.4 is 10.6 Å². The molecule has 3 nitrogen and oxygen atoms in total. The number of carbonyl (C=O) groups is 1. The monoisotopic (exact) mass is 432 g/mol. The number of anilines is 1. The summed E-state index contributed by atoms with van der Waals surface area (Å²) in [4.78, 5) is 13.4. The quantitative estimate of drug-likeness (QED) is 0.556. The molecule has 134 valence electrons. The second-order valence-electron chi connectivity index (χ2n) is 5.91. The zero-order valence-electron chi connectivity index (χ0n) is 14.1. The molecular weight excluding hydrogens is 415 g/mol. The van der Waals surface area contributed by atoms with Gasteiger partial charge in [0.1, 0.15) is 5.82 Å². The van der Waals surface area contributed by atoms with Crippen molar-refractivity contribution in [3.8, 4) is 0 Å². The zero-order valence-corrected chi connectivity index (χ0v) is 16.5. The Balaban J connectivity index is 1.69. The fourth-order valence-electron chi connectivity index (χ4n) is 2.60. The molecule has 1 aromatic heterocycles. The smallest absolute Gasteiger partial charge is 0.238 e. The van der Waals surface area contributed by atoms with E-state index in [1.54, 1.807) is 23.5 Å². The molecule has 1 amide bonds. The summed E-state index contributed by atoms with van der Waals surface area (Å²) in [5, 5.41) is 8.15. The number of amides is 1. The zero-order chi connectivity index (χ0) is 18.5. The van der Waals surface area contributed by atoms with E-state index < -0.39 is 0 Å². The van der Waals surface area contributed by atoms with Gasteiger partial charge >= 0.3 is 0 Å². The number of halogens is 2. The fourth-order valence-corrected chi connectivity index (χ4v) is 4.02. The van der Waals surface area contributed by atoms with E-state index in [-0.39, 0.29) is 24.3 Å². The van der Waals surface area contributed by atoms with Crippen LogP contribution in [0.4, 0.5) is 10.1 Å². The Morgan fingerprint density at radius 3 is 2.62 bits per heavy atom. The van der Waals surface area contributed by atoms with Crippen LogP contribution in [-0.2, 0) is 4.79 Å². The lowest BCUT2D eigenvalue weighted by Crippen LogP contribution is -2.31. The summed E-state index contributed by atoms with van der Waals surface area (Å²) in [7, 11) is 0. The van der Waals surface area contributed by atoms with Gasteiger partial charge in [-0.05, 0) is 69.7 Å². The van der Waals surface area contributed by atoms with Gasteiger partial charge in [0, 0.05) is 9.35 Å². The molecule has 0 aliphatic heterocycles. The Kier molecular flexibility index (Phi) is 6.19. The van der Waals surface area contributed by atoms with Crippen LogP contribution in [-0.4, -0.2) is 12.5 Å². The van der Waals surface area contributed by atoms with Crippen LogP contribution in [0.3, 0.4) is 0 Å². The molecule has 0 spiro atoms. The summed E-state index contributed by atoms with van der Waals surface area (Å²) in [5.41, 5.74) is 2.76. The third-order valence-electron chi connectivity index (χ3n) is 3.90. The predicted octanol–water partition coefficient (Wildman–Crippen LogP) is 5.28. The summed E-state index contributed by atoms with van der Waals surface area (Å²) in [6, 6.07) is 15.9. The van der Waals surface area contributed by atoms with Gasteiger partial charge in [-0.15, -0.1) is 11.3 Å². The van der Waals surface area contributed by atoms with Gasteiger partial charge in [-0.3, -0.25) is 10.1 Å². The van der Waals surface area contributed by atoms with E-state index in [0.717, 1.165) is 26.2 Å². The van der Waals surface area contributed by atoms with Crippen LogP contribution in [0.2, 0.25) is 0 Å². The van der Waals surface area contributed by atoms with Gasteiger partial charge in [0.25, 0.3) is 0 Å². The van der Waals surface area contributed by atoms with Crippen LogP contribution in [0.1, 0.15) is 22.0 Å². The number of benzene rings is 2. The third kappa shape index (κ3) is 4.78. The highest BCUT2D eigenvalue weighted by atomic mass is 79.9. The maximum absolute atomic E-state index is 13.2. The van der Waals surface area contributed by atoms with E-state index in [0.29, 0.717) is 0 Å². The van der Waals surface area contributed by atoms with Gasteiger partial charge in [0.15, 0.2) is 0 Å². The number of aryl methyl sites for hydroxylation is 1. The van der Waals surface area contributed by atoms with Crippen molar-refractivity contribution in [2.45, 2.75) is 13.0 Å². The SMILES string of the molecule is Cc1ccc(NC(=O)CN[C@H](c2ccc(F)cc2)c2cccs2)c(Br)c1. The van der Waals surface area contributed by atoms with Gasteiger partial charge in [-0.1, -0.05) is 24.3 Å². The number of hydrogen-bond acceptors (Lipinski definition) is 3. The lowest BCUT2D eigenvalue weighted by atomic mass is 10.1. The molecule has 2 aromatic carbocycles. The van der Waals surface area contributed by atoms with Crippen LogP contribution in [0.15, 0.2) is 64.5 Å². The maximum Gasteiger partial charge on any atom is 0.238 e. The Morgan fingerprint density at radius 2 is 1.96 bits per heavy atom. The van der Waals surface area contributed by atoms with Crippen LogP contribution in [0.5, 0.6) is 0 Å². The predicted molar refractivity (Wildman–Crippen MR) is 108 cm³/mol. The summed E-state index contributed by atoms with van der Waals surface area (Å²) < 4.78 is 14.1. The van der Waals surface area contributed by atoms with Gasteiger partial charge in [0.2, 0.25) is 5.91 Å². The second-order valence-corrected chi connectivity index (χ2v) is 7.75. The minimum Gasteiger partial charge on any atom is -0.324 e. The first-order chi connectivity index (χ1) is 12.5. The molecule has 6 heteroatoms. The molecule has 0 unspecified atom stereocenters. The molecule has 26 heavy (non-hydrogen) atoms. The molecule has 0 saturated heterocycles. The standard InChI is InChI=1S/C20H18BrFN2OS/c1-13-4-9-17(16(21)11-13)24-19(25)12-23-20(18-3-2-10-26-18)14-5-7-15(22)8-6-14/h2-11,20,23H,12H2,1H3,(H,24,25)/t20-/m1/s1. The molecule has 1 heterocycles.